The molecule has 0 spiro atoms. The van der Waals surface area contributed by atoms with E-state index < -0.39 is 0 Å². The Hall–Kier alpha value is -6.57. The molecule has 0 saturated heterocycles. The Bertz CT molecular complexity index is 3070. The summed E-state index contributed by atoms with van der Waals surface area (Å²) < 4.78 is 10.2. The van der Waals surface area contributed by atoms with Gasteiger partial charge < -0.3 is 19.4 Å². The molecule has 4 aromatic carbocycles. The van der Waals surface area contributed by atoms with Gasteiger partial charge in [0.05, 0.1) is 37.0 Å². The molecule has 0 N–H and O–H groups in total. The fraction of sp³-hybridized carbons (Fsp3) is 0.160. The first-order valence-electron chi connectivity index (χ1n) is 19.6. The van der Waals surface area contributed by atoms with Crippen molar-refractivity contribution in [1.82, 2.24) is 19.9 Å². The molecule has 0 radical (unpaired) electrons. The summed E-state index contributed by atoms with van der Waals surface area (Å²) in [6, 6.07) is 34.1. The van der Waals surface area contributed by atoms with Gasteiger partial charge in [-0.1, -0.05) is 97.1 Å². The van der Waals surface area contributed by atoms with Gasteiger partial charge in [-0.3, -0.25) is 9.59 Å². The Kier molecular flexibility index (Phi) is 8.58. The number of benzene rings is 4. The van der Waals surface area contributed by atoms with E-state index in [1.54, 1.807) is 0 Å². The number of esters is 2. The standard InChI is InChI=1S/C50H36N4O4.Ni/c1-25-29(17-19-43(55)57-3)37-23-41-49-33-15-7-11-28-12-8-16-34(46(28)33)50(49)42(54-41)24-38-30(18-20-44(56)58-4)26(2)36(52-38)22-40-48-32-14-6-10-27-9-5-13-31(45(27)32)47(48)39(53-40)21-35(25)51-37;/h5-16,21-24H,17-20H2,1-4H3;/q-2;+2. The van der Waals surface area contributed by atoms with Gasteiger partial charge in [0.1, 0.15) is 0 Å². The van der Waals surface area contributed by atoms with Crippen LogP contribution in [0.5, 0.6) is 0 Å². The minimum atomic E-state index is -0.275. The summed E-state index contributed by atoms with van der Waals surface area (Å²) in [4.78, 5) is 46.5. The number of carbonyl (C=O) groups excluding carboxylic acids is 2. The fourth-order valence-corrected chi connectivity index (χ4v) is 9.60. The molecule has 5 heterocycles. The van der Waals surface area contributed by atoms with Gasteiger partial charge in [-0.25, -0.2) is 9.97 Å². The van der Waals surface area contributed by atoms with Crippen LogP contribution in [0.25, 0.3) is 110 Å². The van der Waals surface area contributed by atoms with Crippen molar-refractivity contribution < 1.29 is 35.6 Å². The molecule has 0 unspecified atom stereocenters. The first-order chi connectivity index (χ1) is 28.3. The van der Waals surface area contributed by atoms with E-state index in [2.05, 4.69) is 111 Å². The zero-order valence-corrected chi connectivity index (χ0v) is 33.8. The molecule has 2 aliphatic carbocycles. The van der Waals surface area contributed by atoms with Crippen molar-refractivity contribution in [3.63, 3.8) is 0 Å². The molecule has 0 atom stereocenters. The third kappa shape index (κ3) is 5.48. The van der Waals surface area contributed by atoms with Crippen LogP contribution in [0.4, 0.5) is 0 Å². The van der Waals surface area contributed by atoms with E-state index >= 15 is 0 Å². The Balaban J connectivity index is 0.00000420. The summed E-state index contributed by atoms with van der Waals surface area (Å²) in [5, 5.41) is 4.73. The van der Waals surface area contributed by atoms with E-state index in [0.717, 1.165) is 117 Å². The van der Waals surface area contributed by atoms with E-state index in [0.29, 0.717) is 12.8 Å². The summed E-state index contributed by atoms with van der Waals surface area (Å²) in [6.45, 7) is 4.16. The van der Waals surface area contributed by atoms with E-state index in [9.17, 15) is 9.59 Å². The van der Waals surface area contributed by atoms with Crippen LogP contribution in [-0.4, -0.2) is 36.1 Å². The van der Waals surface area contributed by atoms with Gasteiger partial charge in [-0.15, -0.1) is 22.1 Å². The zero-order valence-electron chi connectivity index (χ0n) is 32.8. The van der Waals surface area contributed by atoms with Crippen LogP contribution in [0.15, 0.2) is 97.1 Å². The zero-order chi connectivity index (χ0) is 39.4. The molecular weight excluding hydrogens is 779 g/mol. The van der Waals surface area contributed by atoms with Crippen LogP contribution < -0.4 is 9.97 Å². The summed E-state index contributed by atoms with van der Waals surface area (Å²) in [5.41, 5.74) is 19.0. The molecule has 290 valence electrons. The van der Waals surface area contributed by atoms with Crippen molar-refractivity contribution in [2.24, 2.45) is 0 Å². The molecule has 0 fully saturated rings. The monoisotopic (exact) mass is 814 g/mol. The van der Waals surface area contributed by atoms with Crippen molar-refractivity contribution in [2.75, 3.05) is 14.2 Å². The van der Waals surface area contributed by atoms with Crippen LogP contribution in [-0.2, 0) is 35.6 Å². The van der Waals surface area contributed by atoms with Crippen LogP contribution in [0.1, 0.15) is 62.3 Å². The van der Waals surface area contributed by atoms with Gasteiger partial charge in [-0.2, -0.15) is 0 Å². The Labute approximate surface area is 350 Å². The van der Waals surface area contributed by atoms with Gasteiger partial charge in [0, 0.05) is 12.8 Å². The van der Waals surface area contributed by atoms with Crippen LogP contribution in [0.3, 0.4) is 0 Å². The number of rotatable bonds is 6. The van der Waals surface area contributed by atoms with E-state index in [1.165, 1.54) is 30.4 Å². The largest absolute Gasteiger partial charge is 2.00 e. The van der Waals surface area contributed by atoms with Gasteiger partial charge in [0.25, 0.3) is 0 Å². The Morgan fingerprint density at radius 2 is 0.831 bits per heavy atom. The van der Waals surface area contributed by atoms with Gasteiger partial charge >= 0.3 is 28.4 Å². The summed E-state index contributed by atoms with van der Waals surface area (Å²) in [6.07, 6.45) is 1.36. The van der Waals surface area contributed by atoms with Crippen LogP contribution >= 0.6 is 0 Å². The number of nitrogens with zero attached hydrogens (tertiary/aromatic N) is 4. The molecule has 0 saturated carbocycles. The Morgan fingerprint density at radius 3 is 1.15 bits per heavy atom. The minimum absolute atomic E-state index is 0. The first kappa shape index (κ1) is 36.8. The molecule has 59 heavy (non-hydrogen) atoms. The van der Waals surface area contributed by atoms with Crippen molar-refractivity contribution in [3.8, 4) is 44.5 Å². The number of carbonyl (C=O) groups is 2. The summed E-state index contributed by atoms with van der Waals surface area (Å²) in [7, 11) is 2.85. The number of aromatic nitrogens is 4. The van der Waals surface area contributed by atoms with Crippen molar-refractivity contribution in [2.45, 2.75) is 39.5 Å². The molecule has 9 heteroatoms. The van der Waals surface area contributed by atoms with Gasteiger partial charge in [0.2, 0.25) is 0 Å². The smallest absolute Gasteiger partial charge is 0.657 e. The van der Waals surface area contributed by atoms with E-state index in [1.807, 2.05) is 0 Å². The second-order valence-electron chi connectivity index (χ2n) is 15.4. The molecule has 0 amide bonds. The summed E-state index contributed by atoms with van der Waals surface area (Å²) >= 11 is 0. The average Bonchev–Trinajstić information content (AvgIpc) is 4.06. The third-order valence-electron chi connectivity index (χ3n) is 12.4. The third-order valence-corrected chi connectivity index (χ3v) is 12.4. The molecule has 7 aromatic rings. The van der Waals surface area contributed by atoms with Crippen LogP contribution in [0, 0.1) is 0 Å². The molecule has 2 aliphatic heterocycles. The molecular formula is C50H36N4NiO4. The van der Waals surface area contributed by atoms with Crippen LogP contribution in [0.2, 0.25) is 0 Å². The maximum atomic E-state index is 12.6. The van der Waals surface area contributed by atoms with Crippen molar-refractivity contribution in [3.05, 3.63) is 120 Å². The predicted octanol–water partition coefficient (Wildman–Crippen LogP) is 10.9. The number of allylic oxidation sites excluding steroid dienone is 4. The molecule has 4 aliphatic rings. The first-order valence-corrected chi connectivity index (χ1v) is 19.6. The maximum Gasteiger partial charge on any atom is 2.00 e. The number of fused-ring (bicyclic) bond motifs is 18. The Morgan fingerprint density at radius 1 is 0.508 bits per heavy atom. The van der Waals surface area contributed by atoms with Gasteiger partial charge in [0.15, 0.2) is 0 Å². The number of methoxy groups -OCH3 is 2. The molecule has 8 bridgehead atoms. The van der Waals surface area contributed by atoms with Crippen molar-refractivity contribution >= 4 is 77.8 Å². The van der Waals surface area contributed by atoms with Crippen molar-refractivity contribution in [1.29, 1.82) is 0 Å². The molecule has 3 aromatic heterocycles. The van der Waals surface area contributed by atoms with E-state index in [4.69, 9.17) is 29.4 Å². The average molecular weight is 816 g/mol. The number of ether oxygens (including phenoxy) is 2. The normalized spacial score (nSPS) is 13.2. The van der Waals surface area contributed by atoms with E-state index in [-0.39, 0.29) is 41.3 Å². The molecule has 8 nitrogen and oxygen atoms in total. The maximum absolute atomic E-state index is 12.6. The SMILES string of the molecule is COC(=O)CCC1=C(C)c2cc3[n-]c(cc4nc(cc5[n-]c(cc1n2)c1c5-c2cccc5cccc-1c25)C(CCC(=O)OC)=C4C)c1c3-c2cccc3cccc-1c23.[Ni+2]. The minimum Gasteiger partial charge on any atom is -0.657 e. The fourth-order valence-electron chi connectivity index (χ4n) is 9.60. The topological polar surface area (TPSA) is 107 Å². The second-order valence-corrected chi connectivity index (χ2v) is 15.4. The quantitative estimate of drug-likeness (QED) is 0.121. The second kappa shape index (κ2) is 13.8. The predicted molar refractivity (Wildman–Crippen MR) is 230 cm³/mol. The van der Waals surface area contributed by atoms with Gasteiger partial charge in [-0.05, 0) is 115 Å². The summed E-state index contributed by atoms with van der Waals surface area (Å²) in [5.74, 6) is -0.550. The number of hydrogen-bond donors (Lipinski definition) is 0. The number of hydrogen-bond acceptors (Lipinski definition) is 6. The molecule has 11 rings (SSSR count).